The third-order valence-corrected chi connectivity index (χ3v) is 5.20. The van der Waals surface area contributed by atoms with E-state index in [0.29, 0.717) is 16.3 Å². The van der Waals surface area contributed by atoms with Crippen molar-refractivity contribution < 1.29 is 24.2 Å². The minimum atomic E-state index is -1.15. The zero-order valence-corrected chi connectivity index (χ0v) is 17.9. The van der Waals surface area contributed by atoms with E-state index in [0.717, 1.165) is 4.90 Å². The summed E-state index contributed by atoms with van der Waals surface area (Å²) >= 11 is 23.2. The van der Waals surface area contributed by atoms with Gasteiger partial charge in [-0.25, -0.2) is 4.79 Å². The van der Waals surface area contributed by atoms with E-state index in [2.05, 4.69) is 5.32 Å². The number of nitrogens with one attached hydrogen (secondary N) is 1. The normalized spacial score (nSPS) is 15.4. The lowest BCUT2D eigenvalue weighted by Crippen LogP contribution is -2.54. The van der Waals surface area contributed by atoms with E-state index in [1.54, 1.807) is 6.07 Å². The molecule has 1 fully saturated rings. The van der Waals surface area contributed by atoms with Crippen LogP contribution in [-0.2, 0) is 14.4 Å². The highest BCUT2D eigenvalue weighted by Crippen LogP contribution is 2.30. The number of hydrogen-bond acceptors (Lipinski definition) is 5. The quantitative estimate of drug-likeness (QED) is 0.378. The highest BCUT2D eigenvalue weighted by molar-refractivity contribution is 7.80. The molecule has 0 bridgehead atoms. The summed E-state index contributed by atoms with van der Waals surface area (Å²) in [4.78, 5) is 37.1. The zero-order chi connectivity index (χ0) is 22.0. The van der Waals surface area contributed by atoms with Crippen molar-refractivity contribution in [2.75, 3.05) is 11.5 Å². The largest absolute Gasteiger partial charge is 0.480 e. The van der Waals surface area contributed by atoms with Crippen molar-refractivity contribution in [2.45, 2.75) is 0 Å². The van der Waals surface area contributed by atoms with E-state index in [1.807, 2.05) is 0 Å². The summed E-state index contributed by atoms with van der Waals surface area (Å²) in [6.45, 7) is -0.558. The molecule has 1 heterocycles. The summed E-state index contributed by atoms with van der Waals surface area (Å²) in [6, 6.07) is 8.89. The summed E-state index contributed by atoms with van der Waals surface area (Å²) in [5.74, 6) is -2.34. The first-order chi connectivity index (χ1) is 14.2. The van der Waals surface area contributed by atoms with Gasteiger partial charge in [0.15, 0.2) is 11.7 Å². The van der Waals surface area contributed by atoms with Crippen LogP contribution in [0, 0.1) is 0 Å². The summed E-state index contributed by atoms with van der Waals surface area (Å²) in [6.07, 6.45) is 1.33. The monoisotopic (exact) mass is 484 g/mol. The van der Waals surface area contributed by atoms with Crippen molar-refractivity contribution in [1.29, 1.82) is 0 Å². The SMILES string of the molecule is O=C(O)COc1ccc(/C=C2\C(=O)NC(=S)N(c3ccc(Cl)c(Cl)c3)C2=O)cc1Cl. The van der Waals surface area contributed by atoms with Crippen LogP contribution in [0.2, 0.25) is 15.1 Å². The molecule has 0 spiro atoms. The van der Waals surface area contributed by atoms with Crippen LogP contribution in [0.15, 0.2) is 42.0 Å². The van der Waals surface area contributed by atoms with Gasteiger partial charge in [0.25, 0.3) is 11.8 Å². The molecule has 0 aliphatic carbocycles. The van der Waals surface area contributed by atoms with Crippen LogP contribution in [0.25, 0.3) is 6.08 Å². The zero-order valence-electron chi connectivity index (χ0n) is 14.8. The average molecular weight is 486 g/mol. The number of carbonyl (C=O) groups excluding carboxylic acids is 2. The first-order valence-corrected chi connectivity index (χ1v) is 9.72. The molecule has 2 aromatic carbocycles. The third-order valence-electron chi connectivity index (χ3n) is 3.88. The van der Waals surface area contributed by atoms with E-state index >= 15 is 0 Å². The fraction of sp³-hybridized carbons (Fsp3) is 0.0526. The molecule has 1 saturated heterocycles. The maximum Gasteiger partial charge on any atom is 0.341 e. The number of halogens is 3. The second kappa shape index (κ2) is 9.01. The van der Waals surface area contributed by atoms with Crippen LogP contribution < -0.4 is 15.0 Å². The highest BCUT2D eigenvalue weighted by Gasteiger charge is 2.34. The molecule has 3 rings (SSSR count). The van der Waals surface area contributed by atoms with Gasteiger partial charge in [-0.05, 0) is 54.2 Å². The van der Waals surface area contributed by atoms with Crippen LogP contribution in [0.1, 0.15) is 5.56 Å². The van der Waals surface area contributed by atoms with E-state index in [4.69, 9.17) is 56.9 Å². The van der Waals surface area contributed by atoms with Gasteiger partial charge in [-0.15, -0.1) is 0 Å². The molecule has 0 aromatic heterocycles. The first kappa shape index (κ1) is 22.0. The fourth-order valence-corrected chi connectivity index (χ4v) is 3.36. The van der Waals surface area contributed by atoms with Crippen molar-refractivity contribution >= 4 is 81.7 Å². The van der Waals surface area contributed by atoms with Crippen LogP contribution in [0.4, 0.5) is 5.69 Å². The third kappa shape index (κ3) is 4.73. The molecule has 154 valence electrons. The smallest absolute Gasteiger partial charge is 0.341 e. The predicted molar refractivity (Wildman–Crippen MR) is 117 cm³/mol. The van der Waals surface area contributed by atoms with Crippen LogP contribution in [0.3, 0.4) is 0 Å². The van der Waals surface area contributed by atoms with Crippen molar-refractivity contribution in [3.8, 4) is 5.75 Å². The van der Waals surface area contributed by atoms with Crippen molar-refractivity contribution in [2.24, 2.45) is 0 Å². The molecule has 2 N–H and O–H groups in total. The molecule has 2 aromatic rings. The Labute approximate surface area is 190 Å². The predicted octanol–water partition coefficient (Wildman–Crippen LogP) is 3.94. The number of aliphatic carboxylic acids is 1. The number of nitrogens with zero attached hydrogens (tertiary/aromatic N) is 1. The summed E-state index contributed by atoms with van der Waals surface area (Å²) < 4.78 is 5.05. The Bertz CT molecular complexity index is 1120. The Morgan fingerprint density at radius 3 is 2.47 bits per heavy atom. The molecule has 0 radical (unpaired) electrons. The number of ether oxygens (including phenoxy) is 1. The van der Waals surface area contributed by atoms with E-state index in [9.17, 15) is 14.4 Å². The lowest BCUT2D eigenvalue weighted by molar-refractivity contribution is -0.139. The minimum Gasteiger partial charge on any atom is -0.480 e. The summed E-state index contributed by atoms with van der Waals surface area (Å²) in [7, 11) is 0. The number of rotatable bonds is 5. The molecule has 30 heavy (non-hydrogen) atoms. The molecular formula is C19H11Cl3N2O5S. The minimum absolute atomic E-state index is 0.101. The standard InChI is InChI=1S/C19H11Cl3N2O5S/c20-12-3-2-10(7-13(12)21)24-18(28)11(17(27)23-19(24)30)5-9-1-4-15(14(22)6-9)29-8-16(25)26/h1-7H,8H2,(H,25,26)(H,23,27,30)/b11-5+. The molecule has 0 unspecified atom stereocenters. The van der Waals surface area contributed by atoms with Crippen LogP contribution in [0.5, 0.6) is 5.75 Å². The van der Waals surface area contributed by atoms with E-state index in [-0.39, 0.29) is 26.5 Å². The van der Waals surface area contributed by atoms with Gasteiger partial charge in [0.1, 0.15) is 11.3 Å². The van der Waals surface area contributed by atoms with Crippen molar-refractivity contribution in [3.63, 3.8) is 0 Å². The second-order valence-electron chi connectivity index (χ2n) is 5.93. The molecule has 1 aliphatic heterocycles. The van der Waals surface area contributed by atoms with Gasteiger partial charge in [-0.3, -0.25) is 19.8 Å². The van der Waals surface area contributed by atoms with Gasteiger partial charge >= 0.3 is 5.97 Å². The number of carboxylic acids is 1. The Morgan fingerprint density at radius 1 is 1.10 bits per heavy atom. The summed E-state index contributed by atoms with van der Waals surface area (Å²) in [5.41, 5.74) is 0.564. The number of benzene rings is 2. The first-order valence-electron chi connectivity index (χ1n) is 8.18. The average Bonchev–Trinajstić information content (AvgIpc) is 2.67. The Kier molecular flexibility index (Phi) is 6.62. The number of anilines is 1. The molecule has 1 aliphatic rings. The molecular weight excluding hydrogens is 475 g/mol. The van der Waals surface area contributed by atoms with E-state index in [1.165, 1.54) is 36.4 Å². The van der Waals surface area contributed by atoms with Crippen molar-refractivity contribution in [3.05, 3.63) is 62.6 Å². The van der Waals surface area contributed by atoms with Gasteiger partial charge in [-0.2, -0.15) is 0 Å². The molecule has 0 atom stereocenters. The number of carbonyl (C=O) groups is 3. The van der Waals surface area contributed by atoms with Gasteiger partial charge in [0, 0.05) is 0 Å². The number of thiocarbonyl (C=S) groups is 1. The maximum absolute atomic E-state index is 13.0. The van der Waals surface area contributed by atoms with Crippen LogP contribution in [-0.4, -0.2) is 34.6 Å². The molecule has 11 heteroatoms. The second-order valence-corrected chi connectivity index (χ2v) is 7.54. The fourth-order valence-electron chi connectivity index (χ4n) is 2.55. The topological polar surface area (TPSA) is 95.9 Å². The van der Waals surface area contributed by atoms with Crippen molar-refractivity contribution in [1.82, 2.24) is 5.32 Å². The molecule has 0 saturated carbocycles. The lowest BCUT2D eigenvalue weighted by atomic mass is 10.1. The van der Waals surface area contributed by atoms with Gasteiger partial charge in [-0.1, -0.05) is 40.9 Å². The maximum atomic E-state index is 13.0. The van der Waals surface area contributed by atoms with Gasteiger partial charge in [0.05, 0.1) is 20.8 Å². The Morgan fingerprint density at radius 2 is 1.83 bits per heavy atom. The van der Waals surface area contributed by atoms with Gasteiger partial charge < -0.3 is 9.84 Å². The Balaban J connectivity index is 1.93. The van der Waals surface area contributed by atoms with Crippen LogP contribution >= 0.6 is 47.0 Å². The lowest BCUT2D eigenvalue weighted by Gasteiger charge is -2.29. The number of carboxylic acid groups (broad SMARTS) is 1. The Hall–Kier alpha value is -2.65. The molecule has 2 amide bonds. The van der Waals surface area contributed by atoms with E-state index < -0.39 is 24.4 Å². The molecule has 7 nitrogen and oxygen atoms in total. The number of amides is 2. The highest BCUT2D eigenvalue weighted by atomic mass is 35.5. The summed E-state index contributed by atoms with van der Waals surface area (Å²) in [5, 5.41) is 11.7. The van der Waals surface area contributed by atoms with Gasteiger partial charge in [0.2, 0.25) is 0 Å². The number of hydrogen-bond donors (Lipinski definition) is 2.